The predicted molar refractivity (Wildman–Crippen MR) is 62.9 cm³/mol. The van der Waals surface area contributed by atoms with E-state index in [2.05, 4.69) is 4.74 Å². The summed E-state index contributed by atoms with van der Waals surface area (Å²) in [6, 6.07) is 7.95. The summed E-state index contributed by atoms with van der Waals surface area (Å²) in [5.74, 6) is -3.63. The van der Waals surface area contributed by atoms with Crippen molar-refractivity contribution >= 4 is 5.78 Å². The van der Waals surface area contributed by atoms with Crippen molar-refractivity contribution in [3.05, 3.63) is 65.2 Å². The van der Waals surface area contributed by atoms with Crippen molar-refractivity contribution in [3.63, 3.8) is 0 Å². The Hall–Kier alpha value is -2.37. The first kappa shape index (κ1) is 14.0. The summed E-state index contributed by atoms with van der Waals surface area (Å²) in [6.45, 7) is -3.14. The molecule has 0 amide bonds. The number of rotatable bonds is 4. The standard InChI is InChI=1S/C14H8F4O2/c15-9-5-3-6-10(16)12(9)13(19)8-4-1-2-7-11(8)20-14(17)18/h1-7,14H. The maximum atomic E-state index is 13.5. The molecule has 2 rings (SSSR count). The van der Waals surface area contributed by atoms with E-state index in [1.807, 2.05) is 0 Å². The van der Waals surface area contributed by atoms with E-state index in [9.17, 15) is 22.4 Å². The average Bonchev–Trinajstić information content (AvgIpc) is 2.38. The first-order chi connectivity index (χ1) is 9.50. The smallest absolute Gasteiger partial charge is 0.387 e. The summed E-state index contributed by atoms with van der Waals surface area (Å²) < 4.78 is 55.7. The van der Waals surface area contributed by atoms with Gasteiger partial charge in [0, 0.05) is 0 Å². The fourth-order valence-electron chi connectivity index (χ4n) is 1.70. The lowest BCUT2D eigenvalue weighted by molar-refractivity contribution is -0.0501. The van der Waals surface area contributed by atoms with E-state index < -0.39 is 35.3 Å². The van der Waals surface area contributed by atoms with Gasteiger partial charge in [-0.1, -0.05) is 18.2 Å². The Morgan fingerprint density at radius 1 is 0.950 bits per heavy atom. The van der Waals surface area contributed by atoms with Crippen LogP contribution in [0.2, 0.25) is 0 Å². The molecule has 0 saturated heterocycles. The second kappa shape index (κ2) is 5.73. The van der Waals surface area contributed by atoms with Gasteiger partial charge in [-0.25, -0.2) is 8.78 Å². The van der Waals surface area contributed by atoms with Gasteiger partial charge >= 0.3 is 6.61 Å². The first-order valence-corrected chi connectivity index (χ1v) is 5.53. The van der Waals surface area contributed by atoms with Crippen LogP contribution in [0.1, 0.15) is 15.9 Å². The Kier molecular flexibility index (Phi) is 4.02. The van der Waals surface area contributed by atoms with Crippen LogP contribution < -0.4 is 4.74 Å². The minimum Gasteiger partial charge on any atom is -0.434 e. The fourth-order valence-corrected chi connectivity index (χ4v) is 1.70. The topological polar surface area (TPSA) is 26.3 Å². The summed E-state index contributed by atoms with van der Waals surface area (Å²) in [5, 5.41) is 0. The molecule has 2 aromatic carbocycles. The molecule has 0 saturated carbocycles. The SMILES string of the molecule is O=C(c1ccccc1OC(F)F)c1c(F)cccc1F. The van der Waals surface area contributed by atoms with Gasteiger partial charge in [-0.3, -0.25) is 4.79 Å². The van der Waals surface area contributed by atoms with Gasteiger partial charge in [0.2, 0.25) is 5.78 Å². The Bertz CT molecular complexity index is 621. The summed E-state index contributed by atoms with van der Waals surface area (Å²) >= 11 is 0. The molecule has 0 N–H and O–H groups in total. The van der Waals surface area contributed by atoms with E-state index in [-0.39, 0.29) is 5.56 Å². The number of ketones is 1. The minimum absolute atomic E-state index is 0.336. The number of alkyl halides is 2. The molecule has 104 valence electrons. The van der Waals surface area contributed by atoms with Crippen LogP contribution >= 0.6 is 0 Å². The molecule has 0 unspecified atom stereocenters. The number of benzene rings is 2. The van der Waals surface area contributed by atoms with Gasteiger partial charge in [-0.2, -0.15) is 8.78 Å². The molecule has 6 heteroatoms. The minimum atomic E-state index is -3.14. The van der Waals surface area contributed by atoms with Gasteiger partial charge in [0.15, 0.2) is 0 Å². The van der Waals surface area contributed by atoms with Crippen molar-refractivity contribution in [2.24, 2.45) is 0 Å². The average molecular weight is 284 g/mol. The van der Waals surface area contributed by atoms with Crippen LogP contribution in [0.3, 0.4) is 0 Å². The van der Waals surface area contributed by atoms with Crippen LogP contribution in [0.4, 0.5) is 17.6 Å². The van der Waals surface area contributed by atoms with Crippen LogP contribution in [0, 0.1) is 11.6 Å². The Morgan fingerprint density at radius 3 is 2.15 bits per heavy atom. The third-order valence-electron chi connectivity index (χ3n) is 2.54. The van der Waals surface area contributed by atoms with Gasteiger partial charge in [0.1, 0.15) is 17.4 Å². The van der Waals surface area contributed by atoms with Crippen LogP contribution in [0.15, 0.2) is 42.5 Å². The monoisotopic (exact) mass is 284 g/mol. The molecule has 2 nitrogen and oxygen atoms in total. The van der Waals surface area contributed by atoms with Gasteiger partial charge in [0.05, 0.1) is 11.1 Å². The molecule has 20 heavy (non-hydrogen) atoms. The molecule has 2 aromatic rings. The van der Waals surface area contributed by atoms with E-state index in [0.29, 0.717) is 0 Å². The van der Waals surface area contributed by atoms with Gasteiger partial charge in [-0.15, -0.1) is 0 Å². The fraction of sp³-hybridized carbons (Fsp3) is 0.0714. The molecule has 0 aliphatic carbocycles. The van der Waals surface area contributed by atoms with E-state index >= 15 is 0 Å². The molecule has 0 aliphatic heterocycles. The predicted octanol–water partition coefficient (Wildman–Crippen LogP) is 3.80. The zero-order valence-electron chi connectivity index (χ0n) is 9.95. The lowest BCUT2D eigenvalue weighted by atomic mass is 10.0. The molecule has 0 aliphatic rings. The molecule has 0 bridgehead atoms. The Labute approximate surface area is 111 Å². The number of hydrogen-bond donors (Lipinski definition) is 0. The van der Waals surface area contributed by atoms with E-state index in [1.165, 1.54) is 12.1 Å². The second-order valence-corrected chi connectivity index (χ2v) is 3.80. The molecule has 0 radical (unpaired) electrons. The lowest BCUT2D eigenvalue weighted by Gasteiger charge is -2.10. The maximum Gasteiger partial charge on any atom is 0.387 e. The zero-order chi connectivity index (χ0) is 14.7. The Balaban J connectivity index is 2.49. The molecule has 0 spiro atoms. The lowest BCUT2D eigenvalue weighted by Crippen LogP contribution is -2.11. The van der Waals surface area contributed by atoms with E-state index in [0.717, 1.165) is 30.3 Å². The van der Waals surface area contributed by atoms with Crippen molar-refractivity contribution in [1.82, 2.24) is 0 Å². The summed E-state index contributed by atoms with van der Waals surface area (Å²) in [6.07, 6.45) is 0. The molecule has 0 aromatic heterocycles. The number of hydrogen-bond acceptors (Lipinski definition) is 2. The first-order valence-electron chi connectivity index (χ1n) is 5.53. The highest BCUT2D eigenvalue weighted by atomic mass is 19.3. The highest BCUT2D eigenvalue weighted by Gasteiger charge is 2.22. The molecular formula is C14H8F4O2. The number of carbonyl (C=O) groups excluding carboxylic acids is 1. The van der Waals surface area contributed by atoms with Crippen molar-refractivity contribution in [2.75, 3.05) is 0 Å². The van der Waals surface area contributed by atoms with Gasteiger partial charge in [0.25, 0.3) is 0 Å². The highest BCUT2D eigenvalue weighted by Crippen LogP contribution is 2.25. The third kappa shape index (κ3) is 2.79. The number of carbonyl (C=O) groups is 1. The van der Waals surface area contributed by atoms with Crippen LogP contribution in [0.25, 0.3) is 0 Å². The highest BCUT2D eigenvalue weighted by molar-refractivity contribution is 6.11. The number of ether oxygens (including phenoxy) is 1. The van der Waals surface area contributed by atoms with Crippen molar-refractivity contribution in [2.45, 2.75) is 6.61 Å². The number of halogens is 4. The second-order valence-electron chi connectivity index (χ2n) is 3.80. The molecule has 0 atom stereocenters. The Morgan fingerprint density at radius 2 is 1.55 bits per heavy atom. The maximum absolute atomic E-state index is 13.5. The van der Waals surface area contributed by atoms with Gasteiger partial charge < -0.3 is 4.74 Å². The van der Waals surface area contributed by atoms with Crippen molar-refractivity contribution < 1.29 is 27.1 Å². The van der Waals surface area contributed by atoms with Crippen LogP contribution in [-0.4, -0.2) is 12.4 Å². The van der Waals surface area contributed by atoms with Crippen molar-refractivity contribution in [1.29, 1.82) is 0 Å². The van der Waals surface area contributed by atoms with Crippen LogP contribution in [-0.2, 0) is 0 Å². The van der Waals surface area contributed by atoms with E-state index in [4.69, 9.17) is 0 Å². The quantitative estimate of drug-likeness (QED) is 0.630. The van der Waals surface area contributed by atoms with Gasteiger partial charge in [-0.05, 0) is 24.3 Å². The zero-order valence-corrected chi connectivity index (χ0v) is 9.95. The van der Waals surface area contributed by atoms with Crippen molar-refractivity contribution in [3.8, 4) is 5.75 Å². The van der Waals surface area contributed by atoms with Crippen LogP contribution in [0.5, 0.6) is 5.75 Å². The summed E-state index contributed by atoms with van der Waals surface area (Å²) in [4.78, 5) is 12.1. The summed E-state index contributed by atoms with van der Waals surface area (Å²) in [7, 11) is 0. The van der Waals surface area contributed by atoms with E-state index in [1.54, 1.807) is 0 Å². The largest absolute Gasteiger partial charge is 0.434 e. The third-order valence-corrected chi connectivity index (χ3v) is 2.54. The number of para-hydroxylation sites is 1. The molecule has 0 heterocycles. The normalized spacial score (nSPS) is 10.7. The summed E-state index contributed by atoms with van der Waals surface area (Å²) in [5.41, 5.74) is -1.14. The molecular weight excluding hydrogens is 276 g/mol. The molecule has 0 fully saturated rings.